The van der Waals surface area contributed by atoms with Gasteiger partial charge in [-0.1, -0.05) is 11.3 Å². The van der Waals surface area contributed by atoms with E-state index >= 15 is 0 Å². The van der Waals surface area contributed by atoms with E-state index in [-0.39, 0.29) is 0 Å². The number of anilines is 4. The fourth-order valence-electron chi connectivity index (χ4n) is 2.69. The minimum Gasteiger partial charge on any atom is -0.465 e. The van der Waals surface area contributed by atoms with Crippen molar-refractivity contribution in [3.05, 3.63) is 65.9 Å². The lowest BCUT2D eigenvalue weighted by Crippen LogP contribution is -2.11. The van der Waals surface area contributed by atoms with Crippen LogP contribution >= 0.6 is 11.3 Å². The predicted molar refractivity (Wildman–Crippen MR) is 111 cm³/mol. The van der Waals surface area contributed by atoms with Crippen molar-refractivity contribution in [1.82, 2.24) is 15.0 Å². The van der Waals surface area contributed by atoms with Gasteiger partial charge >= 0.3 is 5.97 Å². The molecule has 0 radical (unpaired) electrons. The molecule has 0 aliphatic heterocycles. The molecule has 0 bridgehead atoms. The molecule has 0 fully saturated rings. The van der Waals surface area contributed by atoms with Crippen molar-refractivity contribution < 1.29 is 18.3 Å². The van der Waals surface area contributed by atoms with Crippen LogP contribution in [0.4, 0.5) is 31.2 Å². The van der Waals surface area contributed by atoms with E-state index < -0.39 is 17.6 Å². The highest BCUT2D eigenvalue weighted by Crippen LogP contribution is 2.30. The number of methoxy groups -OCH3 is 1. The quantitative estimate of drug-likeness (QED) is 0.464. The number of halogens is 2. The van der Waals surface area contributed by atoms with Crippen LogP contribution in [0.3, 0.4) is 0 Å². The van der Waals surface area contributed by atoms with Crippen LogP contribution in [0.5, 0.6) is 0 Å². The van der Waals surface area contributed by atoms with Crippen LogP contribution in [0.15, 0.2) is 48.7 Å². The maximum absolute atomic E-state index is 13.5. The zero-order valence-electron chi connectivity index (χ0n) is 15.9. The van der Waals surface area contributed by atoms with Crippen LogP contribution in [-0.2, 0) is 4.74 Å². The van der Waals surface area contributed by atoms with Crippen LogP contribution in [0.25, 0.3) is 10.3 Å². The molecule has 7 nitrogen and oxygen atoms in total. The van der Waals surface area contributed by atoms with Gasteiger partial charge in [0.25, 0.3) is 0 Å². The summed E-state index contributed by atoms with van der Waals surface area (Å²) in [5.41, 5.74) is 1.49. The third-order valence-corrected chi connectivity index (χ3v) is 5.18. The molecular weight excluding hydrogens is 412 g/mol. The van der Waals surface area contributed by atoms with E-state index in [1.165, 1.54) is 30.7 Å². The molecule has 0 saturated heterocycles. The van der Waals surface area contributed by atoms with Crippen molar-refractivity contribution in [2.45, 2.75) is 0 Å². The van der Waals surface area contributed by atoms with E-state index in [2.05, 4.69) is 25.0 Å². The van der Waals surface area contributed by atoms with Crippen molar-refractivity contribution >= 4 is 50.1 Å². The van der Waals surface area contributed by atoms with Gasteiger partial charge in [-0.25, -0.2) is 28.5 Å². The summed E-state index contributed by atoms with van der Waals surface area (Å²) < 4.78 is 31.4. The lowest BCUT2D eigenvalue weighted by molar-refractivity contribution is 0.0600. The SMILES string of the molecule is COC(=O)c1ccc(Nc2nc3ccc(N(C)c4ccc(F)c(F)c4)nc3s2)nc1. The molecule has 0 atom stereocenters. The third-order valence-electron chi connectivity index (χ3n) is 4.29. The Morgan fingerprint density at radius 3 is 2.63 bits per heavy atom. The zero-order chi connectivity index (χ0) is 21.3. The van der Waals surface area contributed by atoms with Gasteiger partial charge in [-0.3, -0.25) is 0 Å². The molecule has 152 valence electrons. The van der Waals surface area contributed by atoms with Gasteiger partial charge < -0.3 is 15.0 Å². The van der Waals surface area contributed by atoms with Crippen molar-refractivity contribution in [2.24, 2.45) is 0 Å². The van der Waals surface area contributed by atoms with Gasteiger partial charge in [-0.15, -0.1) is 0 Å². The topological polar surface area (TPSA) is 80.2 Å². The summed E-state index contributed by atoms with van der Waals surface area (Å²) in [6.07, 6.45) is 1.41. The minimum absolute atomic E-state index is 0.346. The van der Waals surface area contributed by atoms with Gasteiger partial charge in [-0.05, 0) is 36.4 Å². The summed E-state index contributed by atoms with van der Waals surface area (Å²) in [5, 5.41) is 3.64. The van der Waals surface area contributed by atoms with Crippen LogP contribution < -0.4 is 10.2 Å². The normalized spacial score (nSPS) is 10.8. The number of ether oxygens (including phenoxy) is 1. The first kappa shape index (κ1) is 19.6. The highest BCUT2D eigenvalue weighted by Gasteiger charge is 2.13. The van der Waals surface area contributed by atoms with E-state index in [1.54, 1.807) is 36.2 Å². The number of aromatic nitrogens is 3. The number of hydrogen-bond donors (Lipinski definition) is 1. The van der Waals surface area contributed by atoms with Gasteiger partial charge in [0.1, 0.15) is 22.0 Å². The van der Waals surface area contributed by atoms with Crippen LogP contribution in [0.2, 0.25) is 0 Å². The number of pyridine rings is 2. The monoisotopic (exact) mass is 427 g/mol. The molecule has 0 aliphatic rings. The summed E-state index contributed by atoms with van der Waals surface area (Å²) in [6, 6.07) is 10.5. The number of fused-ring (bicyclic) bond motifs is 1. The van der Waals surface area contributed by atoms with E-state index in [1.807, 2.05) is 0 Å². The lowest BCUT2D eigenvalue weighted by atomic mass is 10.2. The van der Waals surface area contributed by atoms with Crippen molar-refractivity contribution in [3.8, 4) is 0 Å². The Morgan fingerprint density at radius 2 is 1.93 bits per heavy atom. The zero-order valence-corrected chi connectivity index (χ0v) is 16.7. The number of benzene rings is 1. The van der Waals surface area contributed by atoms with Crippen molar-refractivity contribution in [1.29, 1.82) is 0 Å². The molecule has 1 N–H and O–H groups in total. The van der Waals surface area contributed by atoms with Crippen LogP contribution in [-0.4, -0.2) is 35.1 Å². The van der Waals surface area contributed by atoms with Gasteiger partial charge in [0.2, 0.25) is 0 Å². The number of thiazole rings is 1. The number of esters is 1. The first-order chi connectivity index (χ1) is 14.4. The molecule has 1 aromatic carbocycles. The second kappa shape index (κ2) is 7.99. The highest BCUT2D eigenvalue weighted by molar-refractivity contribution is 7.21. The van der Waals surface area contributed by atoms with Gasteiger partial charge in [0.05, 0.1) is 12.7 Å². The number of nitrogens with zero attached hydrogens (tertiary/aromatic N) is 4. The predicted octanol–water partition coefficient (Wildman–Crippen LogP) is 4.66. The van der Waals surface area contributed by atoms with E-state index in [0.717, 1.165) is 12.1 Å². The van der Waals surface area contributed by atoms with E-state index in [0.29, 0.717) is 38.4 Å². The Kier molecular flexibility index (Phi) is 5.23. The Morgan fingerprint density at radius 1 is 1.10 bits per heavy atom. The molecule has 0 unspecified atom stereocenters. The van der Waals surface area contributed by atoms with Gasteiger partial charge in [0.15, 0.2) is 16.8 Å². The average Bonchev–Trinajstić information content (AvgIpc) is 3.16. The number of carbonyl (C=O) groups is 1. The van der Waals surface area contributed by atoms with E-state index in [4.69, 9.17) is 0 Å². The summed E-state index contributed by atoms with van der Waals surface area (Å²) in [6.45, 7) is 0. The average molecular weight is 427 g/mol. The molecule has 0 spiro atoms. The van der Waals surface area contributed by atoms with Gasteiger partial charge in [0, 0.05) is 25.0 Å². The van der Waals surface area contributed by atoms with Crippen molar-refractivity contribution in [2.75, 3.05) is 24.4 Å². The summed E-state index contributed by atoms with van der Waals surface area (Å²) in [7, 11) is 3.02. The molecule has 4 rings (SSSR count). The highest BCUT2D eigenvalue weighted by atomic mass is 32.1. The Bertz CT molecular complexity index is 1230. The van der Waals surface area contributed by atoms with Crippen LogP contribution in [0.1, 0.15) is 10.4 Å². The van der Waals surface area contributed by atoms with E-state index in [9.17, 15) is 13.6 Å². The number of carbonyl (C=O) groups excluding carboxylic acids is 1. The largest absolute Gasteiger partial charge is 0.465 e. The molecule has 4 aromatic rings. The fourth-order valence-corrected chi connectivity index (χ4v) is 3.53. The molecule has 30 heavy (non-hydrogen) atoms. The minimum atomic E-state index is -0.921. The summed E-state index contributed by atoms with van der Waals surface area (Å²) in [4.78, 5) is 27.0. The Hall–Kier alpha value is -3.66. The third kappa shape index (κ3) is 3.90. The molecule has 10 heteroatoms. The molecular formula is C20H15F2N5O2S. The number of hydrogen-bond acceptors (Lipinski definition) is 8. The summed E-state index contributed by atoms with van der Waals surface area (Å²) in [5.74, 6) is -1.21. The first-order valence-corrected chi connectivity index (χ1v) is 9.54. The van der Waals surface area contributed by atoms with Crippen LogP contribution in [0, 0.1) is 11.6 Å². The molecule has 0 aliphatic carbocycles. The smallest absolute Gasteiger partial charge is 0.339 e. The standard InChI is InChI=1S/C20H15F2N5O2S/c1-27(12-4-5-13(21)14(22)9-12)17-8-6-15-18(26-17)30-20(24-15)25-16-7-3-11(10-23-16)19(28)29-2/h3-10H,1-2H3,(H,23,24,25). The molecule has 3 heterocycles. The Labute approximate surface area is 174 Å². The second-order valence-electron chi connectivity index (χ2n) is 6.22. The molecule has 0 saturated carbocycles. The lowest BCUT2D eigenvalue weighted by Gasteiger charge is -2.18. The summed E-state index contributed by atoms with van der Waals surface area (Å²) >= 11 is 1.31. The van der Waals surface area contributed by atoms with Gasteiger partial charge in [-0.2, -0.15) is 0 Å². The molecule has 3 aromatic heterocycles. The maximum Gasteiger partial charge on any atom is 0.339 e. The van der Waals surface area contributed by atoms with Crippen molar-refractivity contribution in [3.63, 3.8) is 0 Å². The number of nitrogens with one attached hydrogen (secondary N) is 1. The maximum atomic E-state index is 13.5. The Balaban J connectivity index is 1.56. The fraction of sp³-hybridized carbons (Fsp3) is 0.100. The second-order valence-corrected chi connectivity index (χ2v) is 7.20. The first-order valence-electron chi connectivity index (χ1n) is 8.72. The molecule has 0 amide bonds. The number of rotatable bonds is 5.